The van der Waals surface area contributed by atoms with Gasteiger partial charge in [0.05, 0.1) is 0 Å². The van der Waals surface area contributed by atoms with E-state index in [9.17, 15) is 4.79 Å². The van der Waals surface area contributed by atoms with E-state index in [4.69, 9.17) is 4.42 Å². The van der Waals surface area contributed by atoms with E-state index in [0.717, 1.165) is 44.7 Å². The van der Waals surface area contributed by atoms with Gasteiger partial charge in [-0.15, -0.1) is 10.2 Å². The lowest BCUT2D eigenvalue weighted by Gasteiger charge is -2.35. The topological polar surface area (TPSA) is 62.5 Å². The summed E-state index contributed by atoms with van der Waals surface area (Å²) in [6.45, 7) is 2.13. The Hall–Kier alpha value is -1.43. The standard InChI is InChI=1S/C17H28N4O2/c1-20-11-9-14(10-12-20)21(2)16(22)8-7-15-18-19-17(23-15)13-5-3-4-6-13/h13-14H,3-12H2,1-2H3. The molecule has 1 aliphatic carbocycles. The van der Waals surface area contributed by atoms with Crippen LogP contribution < -0.4 is 0 Å². The number of carbonyl (C=O) groups excluding carboxylic acids is 1. The highest BCUT2D eigenvalue weighted by molar-refractivity contribution is 5.76. The summed E-state index contributed by atoms with van der Waals surface area (Å²) < 4.78 is 5.76. The molecule has 0 unspecified atom stereocenters. The lowest BCUT2D eigenvalue weighted by Crippen LogP contribution is -2.44. The van der Waals surface area contributed by atoms with Crippen LogP contribution in [-0.4, -0.2) is 59.1 Å². The fourth-order valence-corrected chi connectivity index (χ4v) is 3.68. The normalized spacial score (nSPS) is 21.0. The number of carbonyl (C=O) groups is 1. The van der Waals surface area contributed by atoms with E-state index in [2.05, 4.69) is 22.1 Å². The van der Waals surface area contributed by atoms with Gasteiger partial charge in [-0.25, -0.2) is 0 Å². The lowest BCUT2D eigenvalue weighted by atomic mass is 10.0. The second-order valence-electron chi connectivity index (χ2n) is 7.05. The Kier molecular flexibility index (Phi) is 5.30. The fourth-order valence-electron chi connectivity index (χ4n) is 3.68. The summed E-state index contributed by atoms with van der Waals surface area (Å²) in [5.74, 6) is 2.00. The minimum absolute atomic E-state index is 0.181. The summed E-state index contributed by atoms with van der Waals surface area (Å²) in [5, 5.41) is 8.29. The van der Waals surface area contributed by atoms with Crippen LogP contribution in [0.2, 0.25) is 0 Å². The first-order valence-corrected chi connectivity index (χ1v) is 8.90. The number of aryl methyl sites for hydroxylation is 1. The molecule has 3 rings (SSSR count). The average Bonchev–Trinajstić information content (AvgIpc) is 3.23. The van der Waals surface area contributed by atoms with Crippen molar-refractivity contribution in [1.29, 1.82) is 0 Å². The molecular weight excluding hydrogens is 292 g/mol. The van der Waals surface area contributed by atoms with E-state index in [0.29, 0.717) is 30.7 Å². The highest BCUT2D eigenvalue weighted by Gasteiger charge is 2.25. The molecule has 2 fully saturated rings. The van der Waals surface area contributed by atoms with E-state index in [1.54, 1.807) is 0 Å². The van der Waals surface area contributed by atoms with Gasteiger partial charge in [-0.2, -0.15) is 0 Å². The Morgan fingerprint density at radius 3 is 2.61 bits per heavy atom. The van der Waals surface area contributed by atoms with Crippen molar-refractivity contribution in [2.24, 2.45) is 0 Å². The van der Waals surface area contributed by atoms with Crippen LogP contribution in [0.5, 0.6) is 0 Å². The number of nitrogens with zero attached hydrogens (tertiary/aromatic N) is 4. The lowest BCUT2D eigenvalue weighted by molar-refractivity contribution is -0.132. The fraction of sp³-hybridized carbons (Fsp3) is 0.824. The Labute approximate surface area is 138 Å². The second-order valence-corrected chi connectivity index (χ2v) is 7.05. The first kappa shape index (κ1) is 16.4. The molecule has 1 aliphatic heterocycles. The minimum atomic E-state index is 0.181. The molecule has 6 nitrogen and oxygen atoms in total. The van der Waals surface area contributed by atoms with Crippen molar-refractivity contribution in [2.75, 3.05) is 27.2 Å². The van der Waals surface area contributed by atoms with Gasteiger partial charge in [-0.05, 0) is 45.8 Å². The van der Waals surface area contributed by atoms with Gasteiger partial charge < -0.3 is 14.2 Å². The zero-order chi connectivity index (χ0) is 16.2. The smallest absolute Gasteiger partial charge is 0.223 e. The Bertz CT molecular complexity index is 516. The monoisotopic (exact) mass is 320 g/mol. The van der Waals surface area contributed by atoms with Crippen LogP contribution in [0.4, 0.5) is 0 Å². The van der Waals surface area contributed by atoms with Crippen molar-refractivity contribution < 1.29 is 9.21 Å². The maximum atomic E-state index is 12.4. The van der Waals surface area contributed by atoms with E-state index >= 15 is 0 Å². The molecule has 2 heterocycles. The average molecular weight is 320 g/mol. The summed E-state index contributed by atoms with van der Waals surface area (Å²) in [6.07, 6.45) is 7.93. The van der Waals surface area contributed by atoms with Crippen LogP contribution in [-0.2, 0) is 11.2 Å². The van der Waals surface area contributed by atoms with Crippen molar-refractivity contribution in [3.05, 3.63) is 11.8 Å². The predicted molar refractivity (Wildman–Crippen MR) is 87.1 cm³/mol. The molecule has 1 saturated carbocycles. The second kappa shape index (κ2) is 7.43. The van der Waals surface area contributed by atoms with Gasteiger partial charge in [0.1, 0.15) is 0 Å². The number of likely N-dealkylation sites (tertiary alicyclic amines) is 1. The van der Waals surface area contributed by atoms with Crippen LogP contribution in [0.15, 0.2) is 4.42 Å². The Balaban J connectivity index is 1.46. The summed E-state index contributed by atoms with van der Waals surface area (Å²) in [6, 6.07) is 0.371. The Morgan fingerprint density at radius 1 is 1.22 bits per heavy atom. The van der Waals surface area contributed by atoms with E-state index < -0.39 is 0 Å². The van der Waals surface area contributed by atoms with Crippen LogP contribution >= 0.6 is 0 Å². The molecule has 0 radical (unpaired) electrons. The number of hydrogen-bond donors (Lipinski definition) is 0. The highest BCUT2D eigenvalue weighted by Crippen LogP contribution is 2.33. The first-order chi connectivity index (χ1) is 11.1. The van der Waals surface area contributed by atoms with Crippen LogP contribution in [0.25, 0.3) is 0 Å². The summed E-state index contributed by atoms with van der Waals surface area (Å²) in [7, 11) is 4.06. The zero-order valence-electron chi connectivity index (χ0n) is 14.3. The van der Waals surface area contributed by atoms with Crippen LogP contribution in [0.3, 0.4) is 0 Å². The molecule has 0 aromatic carbocycles. The first-order valence-electron chi connectivity index (χ1n) is 8.90. The van der Waals surface area contributed by atoms with Crippen LogP contribution in [0.1, 0.15) is 62.6 Å². The molecule has 1 aromatic heterocycles. The highest BCUT2D eigenvalue weighted by atomic mass is 16.4. The number of rotatable bonds is 5. The van der Waals surface area contributed by atoms with Crippen molar-refractivity contribution in [1.82, 2.24) is 20.0 Å². The maximum Gasteiger partial charge on any atom is 0.223 e. The summed E-state index contributed by atoms with van der Waals surface area (Å²) >= 11 is 0. The third-order valence-corrected chi connectivity index (χ3v) is 5.37. The third-order valence-electron chi connectivity index (χ3n) is 5.37. The number of hydrogen-bond acceptors (Lipinski definition) is 5. The van der Waals surface area contributed by atoms with E-state index in [-0.39, 0.29) is 5.91 Å². The van der Waals surface area contributed by atoms with Gasteiger partial charge in [0.2, 0.25) is 17.7 Å². The molecule has 0 N–H and O–H groups in total. The molecule has 0 atom stereocenters. The van der Waals surface area contributed by atoms with Crippen molar-refractivity contribution in [3.8, 4) is 0 Å². The van der Waals surface area contributed by atoms with Crippen molar-refractivity contribution >= 4 is 5.91 Å². The molecule has 1 amide bonds. The van der Waals surface area contributed by atoms with Gasteiger partial charge in [0, 0.05) is 31.8 Å². The predicted octanol–water partition coefficient (Wildman–Crippen LogP) is 2.21. The molecule has 0 bridgehead atoms. The zero-order valence-corrected chi connectivity index (χ0v) is 14.3. The Morgan fingerprint density at radius 2 is 1.91 bits per heavy atom. The number of piperidine rings is 1. The van der Waals surface area contributed by atoms with E-state index in [1.165, 1.54) is 12.8 Å². The molecule has 23 heavy (non-hydrogen) atoms. The van der Waals surface area contributed by atoms with E-state index in [1.807, 2.05) is 11.9 Å². The summed E-state index contributed by atoms with van der Waals surface area (Å²) in [4.78, 5) is 16.6. The molecule has 2 aliphatic rings. The maximum absolute atomic E-state index is 12.4. The minimum Gasteiger partial charge on any atom is -0.425 e. The van der Waals surface area contributed by atoms with Gasteiger partial charge in [0.15, 0.2) is 0 Å². The van der Waals surface area contributed by atoms with Gasteiger partial charge >= 0.3 is 0 Å². The molecule has 1 aromatic rings. The third kappa shape index (κ3) is 4.10. The quantitative estimate of drug-likeness (QED) is 0.832. The molecule has 0 spiro atoms. The van der Waals surface area contributed by atoms with Gasteiger partial charge in [0.25, 0.3) is 0 Å². The van der Waals surface area contributed by atoms with Gasteiger partial charge in [-0.3, -0.25) is 4.79 Å². The van der Waals surface area contributed by atoms with Crippen LogP contribution in [0, 0.1) is 0 Å². The number of aromatic nitrogens is 2. The molecular formula is C17H28N4O2. The molecule has 6 heteroatoms. The molecule has 128 valence electrons. The van der Waals surface area contributed by atoms with Gasteiger partial charge in [-0.1, -0.05) is 12.8 Å². The van der Waals surface area contributed by atoms with Crippen molar-refractivity contribution in [2.45, 2.75) is 63.3 Å². The van der Waals surface area contributed by atoms with Crippen molar-refractivity contribution in [3.63, 3.8) is 0 Å². The largest absolute Gasteiger partial charge is 0.425 e. The SMILES string of the molecule is CN1CCC(N(C)C(=O)CCc2nnc(C3CCCC3)o2)CC1. The summed E-state index contributed by atoms with van der Waals surface area (Å²) in [5.41, 5.74) is 0. The number of amides is 1. The molecule has 1 saturated heterocycles.